The fourth-order valence-electron chi connectivity index (χ4n) is 2.00. The average molecular weight is 361 g/mol. The number of hydrogen-bond acceptors (Lipinski definition) is 5. The Kier molecular flexibility index (Phi) is 5.39. The van der Waals surface area contributed by atoms with E-state index in [2.05, 4.69) is 15.5 Å². The van der Waals surface area contributed by atoms with Gasteiger partial charge in [0.25, 0.3) is 0 Å². The van der Waals surface area contributed by atoms with Crippen LogP contribution in [0.25, 0.3) is 0 Å². The maximum Gasteiger partial charge on any atom is 0.236 e. The van der Waals surface area contributed by atoms with E-state index in [1.54, 1.807) is 24.3 Å². The number of carbonyl (C=O) groups excluding carboxylic acids is 1. The van der Waals surface area contributed by atoms with Gasteiger partial charge in [-0.1, -0.05) is 17.8 Å². The van der Waals surface area contributed by atoms with Crippen LogP contribution in [0.2, 0.25) is 0 Å². The van der Waals surface area contributed by atoms with Gasteiger partial charge in [-0.2, -0.15) is 5.10 Å². The first-order valence-electron chi connectivity index (χ1n) is 7.31. The Labute approximate surface area is 146 Å². The second-order valence-electron chi connectivity index (χ2n) is 5.04. The van der Waals surface area contributed by atoms with Crippen molar-refractivity contribution >= 4 is 29.1 Å². The summed E-state index contributed by atoms with van der Waals surface area (Å²) in [7, 11) is 0. The molecule has 1 aliphatic heterocycles. The van der Waals surface area contributed by atoms with Gasteiger partial charge in [0.2, 0.25) is 5.91 Å². The second kappa shape index (κ2) is 7.89. The first-order valence-corrected chi connectivity index (χ1v) is 8.30. The Bertz CT molecular complexity index is 818. The molecule has 1 saturated heterocycles. The molecular formula is C17H13F2N3O2S. The lowest BCUT2D eigenvalue weighted by atomic mass is 10.2. The molecule has 1 N–H and O–H groups in total. The zero-order chi connectivity index (χ0) is 17.6. The largest absolute Gasteiger partial charge is 0.489 e. The molecule has 2 aromatic rings. The van der Waals surface area contributed by atoms with Crippen molar-refractivity contribution in [2.45, 2.75) is 6.61 Å². The topological polar surface area (TPSA) is 63.0 Å². The Morgan fingerprint density at radius 3 is 2.52 bits per heavy atom. The third kappa shape index (κ3) is 4.63. The molecule has 0 bridgehead atoms. The number of benzene rings is 2. The summed E-state index contributed by atoms with van der Waals surface area (Å²) in [6, 6.07) is 10.5. The lowest BCUT2D eigenvalue weighted by Crippen LogP contribution is -2.19. The van der Waals surface area contributed by atoms with Gasteiger partial charge in [0, 0.05) is 0 Å². The SMILES string of the molecule is O=C1CSC(=NN=Cc2ccc(OCc3c(F)cccc3F)cc2)N1. The minimum atomic E-state index is -0.639. The van der Waals surface area contributed by atoms with Gasteiger partial charge in [0.1, 0.15) is 24.0 Å². The standard InChI is InChI=1S/C17H13F2N3O2S/c18-14-2-1-3-15(19)13(14)9-24-12-6-4-11(5-7-12)8-20-22-17-21-16(23)10-25-17/h1-8H,9-10H2,(H,21,22,23). The van der Waals surface area contributed by atoms with Gasteiger partial charge in [-0.25, -0.2) is 8.78 Å². The van der Waals surface area contributed by atoms with Gasteiger partial charge >= 0.3 is 0 Å². The summed E-state index contributed by atoms with van der Waals surface area (Å²) in [4.78, 5) is 11.0. The molecule has 0 saturated carbocycles. The van der Waals surface area contributed by atoms with Crippen LogP contribution in [0.5, 0.6) is 5.75 Å². The highest BCUT2D eigenvalue weighted by molar-refractivity contribution is 8.15. The van der Waals surface area contributed by atoms with E-state index < -0.39 is 11.6 Å². The fraction of sp³-hybridized carbons (Fsp3) is 0.118. The molecule has 3 rings (SSSR count). The van der Waals surface area contributed by atoms with Crippen molar-refractivity contribution in [3.8, 4) is 5.75 Å². The number of thioether (sulfide) groups is 1. The number of amidine groups is 1. The van der Waals surface area contributed by atoms with E-state index in [9.17, 15) is 13.6 Å². The summed E-state index contributed by atoms with van der Waals surface area (Å²) < 4.78 is 32.5. The second-order valence-corrected chi connectivity index (χ2v) is 6.01. The summed E-state index contributed by atoms with van der Waals surface area (Å²) >= 11 is 1.29. The number of halogens is 2. The first kappa shape index (κ1) is 17.1. The highest BCUT2D eigenvalue weighted by atomic mass is 32.2. The van der Waals surface area contributed by atoms with Crippen LogP contribution >= 0.6 is 11.8 Å². The van der Waals surface area contributed by atoms with Crippen molar-refractivity contribution in [3.05, 3.63) is 65.2 Å². The van der Waals surface area contributed by atoms with Crippen molar-refractivity contribution in [1.29, 1.82) is 0 Å². The highest BCUT2D eigenvalue weighted by Gasteiger charge is 2.15. The summed E-state index contributed by atoms with van der Waals surface area (Å²) in [5, 5.41) is 10.8. The average Bonchev–Trinajstić information content (AvgIpc) is 3.01. The number of hydrogen-bond donors (Lipinski definition) is 1. The Morgan fingerprint density at radius 2 is 1.88 bits per heavy atom. The first-order chi connectivity index (χ1) is 12.1. The molecule has 0 aromatic heterocycles. The van der Waals surface area contributed by atoms with Gasteiger partial charge in [-0.3, -0.25) is 4.79 Å². The van der Waals surface area contributed by atoms with Crippen LogP contribution in [-0.2, 0) is 11.4 Å². The number of carbonyl (C=O) groups is 1. The van der Waals surface area contributed by atoms with E-state index in [0.29, 0.717) is 16.7 Å². The molecule has 5 nitrogen and oxygen atoms in total. The van der Waals surface area contributed by atoms with Crippen LogP contribution in [-0.4, -0.2) is 23.0 Å². The fourth-order valence-corrected chi connectivity index (χ4v) is 2.63. The lowest BCUT2D eigenvalue weighted by Gasteiger charge is -2.08. The molecule has 128 valence electrons. The van der Waals surface area contributed by atoms with E-state index in [1.165, 1.54) is 36.2 Å². The Hall–Kier alpha value is -2.74. The number of nitrogens with zero attached hydrogens (tertiary/aromatic N) is 2. The highest BCUT2D eigenvalue weighted by Crippen LogP contribution is 2.17. The molecule has 0 atom stereocenters. The van der Waals surface area contributed by atoms with Crippen LogP contribution in [0.1, 0.15) is 11.1 Å². The van der Waals surface area contributed by atoms with Crippen molar-refractivity contribution in [3.63, 3.8) is 0 Å². The number of amides is 1. The molecule has 8 heteroatoms. The van der Waals surface area contributed by atoms with Gasteiger partial charge < -0.3 is 10.1 Å². The minimum absolute atomic E-state index is 0.0910. The third-order valence-corrected chi connectivity index (χ3v) is 4.13. The van der Waals surface area contributed by atoms with Crippen molar-refractivity contribution in [2.75, 3.05) is 5.75 Å². The van der Waals surface area contributed by atoms with Gasteiger partial charge in [0.15, 0.2) is 5.17 Å². The van der Waals surface area contributed by atoms with Crippen LogP contribution in [0, 0.1) is 11.6 Å². The summed E-state index contributed by atoms with van der Waals surface area (Å²) in [6.07, 6.45) is 1.53. The molecule has 0 radical (unpaired) electrons. The quantitative estimate of drug-likeness (QED) is 0.658. The molecule has 1 aliphatic rings. The normalized spacial score (nSPS) is 15.8. The smallest absolute Gasteiger partial charge is 0.236 e. The maximum atomic E-state index is 13.5. The van der Waals surface area contributed by atoms with E-state index in [-0.39, 0.29) is 18.1 Å². The van der Waals surface area contributed by atoms with Crippen molar-refractivity contribution in [2.24, 2.45) is 10.2 Å². The van der Waals surface area contributed by atoms with E-state index in [0.717, 1.165) is 5.56 Å². The van der Waals surface area contributed by atoms with Gasteiger partial charge in [-0.15, -0.1) is 5.10 Å². The van der Waals surface area contributed by atoms with Gasteiger partial charge in [-0.05, 0) is 42.0 Å². The predicted octanol–water partition coefficient (Wildman–Crippen LogP) is 3.10. The van der Waals surface area contributed by atoms with Crippen LogP contribution in [0.3, 0.4) is 0 Å². The molecule has 0 spiro atoms. The maximum absolute atomic E-state index is 13.5. The third-order valence-electron chi connectivity index (χ3n) is 3.27. The Morgan fingerprint density at radius 1 is 1.16 bits per heavy atom. The number of ether oxygens (including phenoxy) is 1. The molecule has 1 heterocycles. The monoisotopic (exact) mass is 361 g/mol. The van der Waals surface area contributed by atoms with E-state index in [1.807, 2.05) is 0 Å². The van der Waals surface area contributed by atoms with Crippen LogP contribution in [0.15, 0.2) is 52.7 Å². The summed E-state index contributed by atoms with van der Waals surface area (Å²) in [5.74, 6) is -0.542. The zero-order valence-corrected chi connectivity index (χ0v) is 13.7. The van der Waals surface area contributed by atoms with E-state index >= 15 is 0 Å². The molecule has 0 unspecified atom stereocenters. The predicted molar refractivity (Wildman–Crippen MR) is 92.8 cm³/mol. The number of nitrogens with one attached hydrogen (secondary N) is 1. The Balaban J connectivity index is 1.58. The van der Waals surface area contributed by atoms with E-state index in [4.69, 9.17) is 4.74 Å². The molecular weight excluding hydrogens is 348 g/mol. The van der Waals surface area contributed by atoms with Gasteiger partial charge in [0.05, 0.1) is 17.5 Å². The van der Waals surface area contributed by atoms with Crippen molar-refractivity contribution < 1.29 is 18.3 Å². The van der Waals surface area contributed by atoms with Crippen LogP contribution in [0.4, 0.5) is 8.78 Å². The molecule has 1 fully saturated rings. The van der Waals surface area contributed by atoms with Crippen molar-refractivity contribution in [1.82, 2.24) is 5.32 Å². The molecule has 2 aromatic carbocycles. The minimum Gasteiger partial charge on any atom is -0.489 e. The zero-order valence-electron chi connectivity index (χ0n) is 12.9. The summed E-state index contributed by atoms with van der Waals surface area (Å²) in [6.45, 7) is -0.198. The summed E-state index contributed by atoms with van der Waals surface area (Å²) in [5.41, 5.74) is 0.656. The molecule has 25 heavy (non-hydrogen) atoms. The van der Waals surface area contributed by atoms with Crippen LogP contribution < -0.4 is 10.1 Å². The lowest BCUT2D eigenvalue weighted by molar-refractivity contribution is -0.116. The number of rotatable bonds is 5. The molecule has 1 amide bonds. The molecule has 0 aliphatic carbocycles.